The van der Waals surface area contributed by atoms with Crippen LogP contribution in [0.25, 0.3) is 10.8 Å². The Morgan fingerprint density at radius 3 is 2.39 bits per heavy atom. The van der Waals surface area contributed by atoms with E-state index in [9.17, 15) is 9.90 Å². The molecule has 3 atom stereocenters. The number of fused-ring (bicyclic) bond motifs is 1. The van der Waals surface area contributed by atoms with Crippen molar-refractivity contribution in [3.05, 3.63) is 114 Å². The summed E-state index contributed by atoms with van der Waals surface area (Å²) in [4.78, 5) is 13.6. The fourth-order valence-corrected chi connectivity index (χ4v) is 5.44. The number of benzene rings is 4. The van der Waals surface area contributed by atoms with Crippen LogP contribution in [0.4, 0.5) is 5.69 Å². The molecule has 2 N–H and O–H groups in total. The summed E-state index contributed by atoms with van der Waals surface area (Å²) >= 11 is 0. The number of rotatable bonds is 7. The molecule has 0 amide bonds. The molecule has 4 nitrogen and oxygen atoms in total. The number of hydrogen-bond donors (Lipinski definition) is 2. The van der Waals surface area contributed by atoms with Crippen molar-refractivity contribution in [1.82, 2.24) is 5.32 Å². The zero-order valence-electron chi connectivity index (χ0n) is 20.5. The van der Waals surface area contributed by atoms with E-state index in [1.165, 1.54) is 21.9 Å². The number of carboxylic acids is 1. The first-order valence-corrected chi connectivity index (χ1v) is 12.4. The number of nitrogens with zero attached hydrogens (tertiary/aromatic N) is 1. The molecule has 5 rings (SSSR count). The molecule has 36 heavy (non-hydrogen) atoms. The summed E-state index contributed by atoms with van der Waals surface area (Å²) in [5, 5.41) is 15.7. The molecule has 0 aliphatic carbocycles. The smallest absolute Gasteiger partial charge is 0.335 e. The lowest BCUT2D eigenvalue weighted by molar-refractivity contribution is 0.0697. The molecule has 0 bridgehead atoms. The van der Waals surface area contributed by atoms with Crippen molar-refractivity contribution >= 4 is 34.8 Å². The van der Waals surface area contributed by atoms with Crippen LogP contribution in [-0.2, 0) is 0 Å². The lowest BCUT2D eigenvalue weighted by atomic mass is 9.80. The molecule has 186 valence electrons. The molecule has 0 radical (unpaired) electrons. The second kappa shape index (κ2) is 11.6. The standard InChI is InChI=1S/C31H32N2O2.ClH/c1-22(28-13-7-11-23-10-5-6-12-29(23)28)32-20-26-18-19-33(21-30(26)24-8-3-2-4-9-24)27-16-14-25(15-17-27)31(34)35;/h2-17,22,26,30,32H,18-21H2,1H3,(H,34,35);1H/t22-,26?,30?;/m1./s1. The number of anilines is 1. The molecule has 1 heterocycles. The first-order chi connectivity index (χ1) is 17.1. The minimum atomic E-state index is -0.885. The van der Waals surface area contributed by atoms with Crippen molar-refractivity contribution in [3.63, 3.8) is 0 Å². The number of halogens is 1. The highest BCUT2D eigenvalue weighted by molar-refractivity contribution is 5.88. The van der Waals surface area contributed by atoms with Gasteiger partial charge in [-0.05, 0) is 72.0 Å². The second-order valence-corrected chi connectivity index (χ2v) is 9.56. The molecule has 0 spiro atoms. The van der Waals surface area contributed by atoms with Gasteiger partial charge in [-0.2, -0.15) is 0 Å². The highest BCUT2D eigenvalue weighted by Crippen LogP contribution is 2.35. The van der Waals surface area contributed by atoms with Crippen LogP contribution in [0, 0.1) is 5.92 Å². The van der Waals surface area contributed by atoms with E-state index in [-0.39, 0.29) is 18.4 Å². The highest BCUT2D eigenvalue weighted by atomic mass is 35.5. The molecule has 1 saturated heterocycles. The Morgan fingerprint density at radius 1 is 0.944 bits per heavy atom. The third kappa shape index (κ3) is 5.56. The minimum absolute atomic E-state index is 0. The minimum Gasteiger partial charge on any atom is -0.478 e. The van der Waals surface area contributed by atoms with Gasteiger partial charge in [-0.3, -0.25) is 0 Å². The fourth-order valence-electron chi connectivity index (χ4n) is 5.44. The van der Waals surface area contributed by atoms with E-state index in [1.54, 1.807) is 12.1 Å². The number of nitrogens with one attached hydrogen (secondary N) is 1. The van der Waals surface area contributed by atoms with E-state index in [0.29, 0.717) is 17.4 Å². The SMILES string of the molecule is C[C@@H](NCC1CCN(c2ccc(C(=O)O)cc2)CC1c1ccccc1)c1cccc2ccccc12.Cl. The van der Waals surface area contributed by atoms with Crippen LogP contribution in [0.5, 0.6) is 0 Å². The third-order valence-electron chi connectivity index (χ3n) is 7.44. The van der Waals surface area contributed by atoms with Crippen LogP contribution < -0.4 is 10.2 Å². The Labute approximate surface area is 219 Å². The summed E-state index contributed by atoms with van der Waals surface area (Å²) in [7, 11) is 0. The van der Waals surface area contributed by atoms with E-state index in [0.717, 1.165) is 31.7 Å². The Balaban J connectivity index is 0.00000304. The van der Waals surface area contributed by atoms with Crippen molar-refractivity contribution in [2.75, 3.05) is 24.5 Å². The van der Waals surface area contributed by atoms with Crippen LogP contribution in [0.15, 0.2) is 97.1 Å². The van der Waals surface area contributed by atoms with Gasteiger partial charge in [-0.15, -0.1) is 12.4 Å². The van der Waals surface area contributed by atoms with E-state index in [2.05, 4.69) is 89.9 Å². The van der Waals surface area contributed by atoms with Gasteiger partial charge in [0.25, 0.3) is 0 Å². The van der Waals surface area contributed by atoms with Gasteiger partial charge < -0.3 is 15.3 Å². The fraction of sp³-hybridized carbons (Fsp3) is 0.258. The highest BCUT2D eigenvalue weighted by Gasteiger charge is 2.31. The van der Waals surface area contributed by atoms with E-state index in [4.69, 9.17) is 0 Å². The van der Waals surface area contributed by atoms with Crippen LogP contribution >= 0.6 is 12.4 Å². The quantitative estimate of drug-likeness (QED) is 0.289. The predicted molar refractivity (Wildman–Crippen MR) is 151 cm³/mol. The molecule has 1 fully saturated rings. The topological polar surface area (TPSA) is 52.6 Å². The Kier molecular flexibility index (Phi) is 8.29. The average molecular weight is 501 g/mol. The van der Waals surface area contributed by atoms with Gasteiger partial charge in [0.1, 0.15) is 0 Å². The van der Waals surface area contributed by atoms with Gasteiger partial charge in [0.15, 0.2) is 0 Å². The summed E-state index contributed by atoms with van der Waals surface area (Å²) in [5.74, 6) is 0.0319. The first-order valence-electron chi connectivity index (χ1n) is 12.4. The zero-order chi connectivity index (χ0) is 24.2. The molecular formula is C31H33ClN2O2. The monoisotopic (exact) mass is 500 g/mol. The van der Waals surface area contributed by atoms with Crippen molar-refractivity contribution < 1.29 is 9.90 Å². The molecule has 1 aliphatic rings. The first kappa shape index (κ1) is 25.7. The zero-order valence-corrected chi connectivity index (χ0v) is 21.3. The molecule has 4 aromatic carbocycles. The normalized spacial score (nSPS) is 18.4. The van der Waals surface area contributed by atoms with Crippen LogP contribution in [0.2, 0.25) is 0 Å². The van der Waals surface area contributed by atoms with Crippen molar-refractivity contribution in [3.8, 4) is 0 Å². The lowest BCUT2D eigenvalue weighted by Crippen LogP contribution is -2.43. The van der Waals surface area contributed by atoms with Crippen molar-refractivity contribution in [1.29, 1.82) is 0 Å². The van der Waals surface area contributed by atoms with Gasteiger partial charge in [-0.25, -0.2) is 4.79 Å². The number of piperidine rings is 1. The maximum Gasteiger partial charge on any atom is 0.335 e. The van der Waals surface area contributed by atoms with Gasteiger partial charge in [0.2, 0.25) is 0 Å². The van der Waals surface area contributed by atoms with E-state index >= 15 is 0 Å². The summed E-state index contributed by atoms with van der Waals surface area (Å²) in [6.07, 6.45) is 1.08. The molecule has 4 aromatic rings. The summed E-state index contributed by atoms with van der Waals surface area (Å²) in [5.41, 5.74) is 4.13. The van der Waals surface area contributed by atoms with E-state index < -0.39 is 5.97 Å². The van der Waals surface area contributed by atoms with Crippen molar-refractivity contribution in [2.45, 2.75) is 25.3 Å². The molecule has 0 saturated carbocycles. The van der Waals surface area contributed by atoms with Gasteiger partial charge >= 0.3 is 5.97 Å². The predicted octanol–water partition coefficient (Wildman–Crippen LogP) is 6.92. The second-order valence-electron chi connectivity index (χ2n) is 9.56. The lowest BCUT2D eigenvalue weighted by Gasteiger charge is -2.41. The maximum atomic E-state index is 11.2. The van der Waals surface area contributed by atoms with Crippen LogP contribution in [-0.4, -0.2) is 30.7 Å². The van der Waals surface area contributed by atoms with Crippen LogP contribution in [0.3, 0.4) is 0 Å². The van der Waals surface area contributed by atoms with Crippen molar-refractivity contribution in [2.24, 2.45) is 5.92 Å². The molecule has 5 heteroatoms. The Hall–Kier alpha value is -3.34. The largest absolute Gasteiger partial charge is 0.478 e. The average Bonchev–Trinajstić information content (AvgIpc) is 2.92. The molecule has 0 aromatic heterocycles. The Bertz CT molecular complexity index is 1290. The maximum absolute atomic E-state index is 11.2. The van der Waals surface area contributed by atoms with E-state index in [1.807, 2.05) is 12.1 Å². The molecular weight excluding hydrogens is 468 g/mol. The van der Waals surface area contributed by atoms with Crippen LogP contribution in [0.1, 0.15) is 46.8 Å². The summed E-state index contributed by atoms with van der Waals surface area (Å²) < 4.78 is 0. The number of hydrogen-bond acceptors (Lipinski definition) is 3. The summed E-state index contributed by atoms with van der Waals surface area (Å²) in [6.45, 7) is 5.10. The van der Waals surface area contributed by atoms with Gasteiger partial charge in [0.05, 0.1) is 5.56 Å². The number of carboxylic acid groups (broad SMARTS) is 1. The molecule has 1 aliphatic heterocycles. The van der Waals surface area contributed by atoms with Gasteiger partial charge in [-0.1, -0.05) is 72.8 Å². The van der Waals surface area contributed by atoms with Gasteiger partial charge in [0, 0.05) is 30.7 Å². The number of aromatic carboxylic acids is 1. The third-order valence-corrected chi connectivity index (χ3v) is 7.44. The Morgan fingerprint density at radius 2 is 1.64 bits per heavy atom. The number of carbonyl (C=O) groups is 1. The summed E-state index contributed by atoms with van der Waals surface area (Å²) in [6, 6.07) is 33.5. The molecule has 2 unspecified atom stereocenters.